The molecule has 0 spiro atoms. The SMILES string of the molecule is O=C(O)C[C@H](NC(=O)C=Cc1ccc(O)c(O)c1)C(=O)O. The number of amides is 1. The Morgan fingerprint density at radius 2 is 1.81 bits per heavy atom. The van der Waals surface area contributed by atoms with E-state index < -0.39 is 30.3 Å². The van der Waals surface area contributed by atoms with Gasteiger partial charge in [-0.25, -0.2) is 4.79 Å². The quantitative estimate of drug-likeness (QED) is 0.371. The normalized spacial score (nSPS) is 12.0. The van der Waals surface area contributed by atoms with Gasteiger partial charge >= 0.3 is 11.9 Å². The predicted octanol–water partition coefficient (Wildman–Crippen LogP) is 0.155. The van der Waals surface area contributed by atoms with Crippen LogP contribution < -0.4 is 5.32 Å². The summed E-state index contributed by atoms with van der Waals surface area (Å²) in [6.07, 6.45) is 1.52. The van der Waals surface area contributed by atoms with Gasteiger partial charge in [0.2, 0.25) is 5.91 Å². The summed E-state index contributed by atoms with van der Waals surface area (Å²) >= 11 is 0. The van der Waals surface area contributed by atoms with Crippen LogP contribution in [0, 0.1) is 0 Å². The van der Waals surface area contributed by atoms with Crippen LogP contribution in [0.5, 0.6) is 11.5 Å². The monoisotopic (exact) mass is 295 g/mol. The number of aromatic hydroxyl groups is 2. The molecule has 1 aromatic rings. The highest BCUT2D eigenvalue weighted by atomic mass is 16.4. The van der Waals surface area contributed by atoms with Crippen LogP contribution in [0.15, 0.2) is 24.3 Å². The van der Waals surface area contributed by atoms with E-state index in [9.17, 15) is 19.5 Å². The number of carboxylic acid groups (broad SMARTS) is 2. The third-order valence-electron chi connectivity index (χ3n) is 2.42. The lowest BCUT2D eigenvalue weighted by molar-refractivity contribution is -0.146. The molecule has 0 aromatic heterocycles. The van der Waals surface area contributed by atoms with E-state index in [1.54, 1.807) is 0 Å². The summed E-state index contributed by atoms with van der Waals surface area (Å²) in [5.41, 5.74) is 0.394. The maximum atomic E-state index is 11.5. The number of benzene rings is 1. The lowest BCUT2D eigenvalue weighted by atomic mass is 10.1. The molecule has 0 unspecified atom stereocenters. The molecule has 21 heavy (non-hydrogen) atoms. The van der Waals surface area contributed by atoms with Crippen LogP contribution >= 0.6 is 0 Å². The van der Waals surface area contributed by atoms with Crippen LogP contribution in [0.2, 0.25) is 0 Å². The van der Waals surface area contributed by atoms with Crippen LogP contribution in [0.3, 0.4) is 0 Å². The van der Waals surface area contributed by atoms with Crippen molar-refractivity contribution >= 4 is 23.9 Å². The summed E-state index contributed by atoms with van der Waals surface area (Å²) in [6, 6.07) is 2.31. The number of hydrogen-bond donors (Lipinski definition) is 5. The Hall–Kier alpha value is -3.03. The molecule has 0 radical (unpaired) electrons. The van der Waals surface area contributed by atoms with Crippen molar-refractivity contribution in [1.82, 2.24) is 5.32 Å². The van der Waals surface area contributed by atoms with Crippen molar-refractivity contribution in [3.05, 3.63) is 29.8 Å². The lowest BCUT2D eigenvalue weighted by Gasteiger charge is -2.10. The van der Waals surface area contributed by atoms with E-state index in [1.807, 2.05) is 5.32 Å². The standard InChI is InChI=1S/C13H13NO7/c15-9-3-1-7(5-10(9)16)2-4-11(17)14-8(13(20)21)6-12(18)19/h1-5,8,15-16H,6H2,(H,14,17)(H,18,19)(H,20,21)/t8-/m0/s1. The van der Waals surface area contributed by atoms with Crippen LogP contribution in [0.25, 0.3) is 6.08 Å². The second-order valence-electron chi connectivity index (χ2n) is 4.08. The highest BCUT2D eigenvalue weighted by Crippen LogP contribution is 2.25. The third kappa shape index (κ3) is 5.23. The average Bonchev–Trinajstić information content (AvgIpc) is 2.38. The molecule has 112 valence electrons. The van der Waals surface area contributed by atoms with Gasteiger partial charge in [0, 0.05) is 6.08 Å². The number of rotatable bonds is 6. The highest BCUT2D eigenvalue weighted by Gasteiger charge is 2.21. The molecule has 1 amide bonds. The number of carbonyl (C=O) groups excluding carboxylic acids is 1. The van der Waals surface area contributed by atoms with Crippen molar-refractivity contribution in [2.24, 2.45) is 0 Å². The molecule has 0 bridgehead atoms. The topological polar surface area (TPSA) is 144 Å². The molecule has 0 saturated heterocycles. The zero-order valence-corrected chi connectivity index (χ0v) is 10.7. The van der Waals surface area contributed by atoms with E-state index in [1.165, 1.54) is 24.3 Å². The summed E-state index contributed by atoms with van der Waals surface area (Å²) < 4.78 is 0. The van der Waals surface area contributed by atoms with Gasteiger partial charge in [-0.05, 0) is 23.8 Å². The first kappa shape index (κ1) is 16.0. The Balaban J connectivity index is 2.70. The van der Waals surface area contributed by atoms with Crippen LogP contribution in [0.1, 0.15) is 12.0 Å². The molecular formula is C13H13NO7. The average molecular weight is 295 g/mol. The summed E-state index contributed by atoms with van der Waals surface area (Å²) in [6.45, 7) is 0. The van der Waals surface area contributed by atoms with Crippen molar-refractivity contribution in [2.75, 3.05) is 0 Å². The Kier molecular flexibility index (Phi) is 5.30. The fraction of sp³-hybridized carbons (Fsp3) is 0.154. The Morgan fingerprint density at radius 1 is 1.14 bits per heavy atom. The predicted molar refractivity (Wildman–Crippen MR) is 70.6 cm³/mol. The number of nitrogens with one attached hydrogen (secondary N) is 1. The van der Waals surface area contributed by atoms with Gasteiger partial charge in [-0.15, -0.1) is 0 Å². The van der Waals surface area contributed by atoms with Crippen LogP contribution in [-0.2, 0) is 14.4 Å². The largest absolute Gasteiger partial charge is 0.504 e. The fourth-order valence-corrected chi connectivity index (χ4v) is 1.41. The van der Waals surface area contributed by atoms with Crippen molar-refractivity contribution < 1.29 is 34.8 Å². The first-order chi connectivity index (χ1) is 9.79. The minimum absolute atomic E-state index is 0.316. The molecule has 5 N–H and O–H groups in total. The third-order valence-corrected chi connectivity index (χ3v) is 2.42. The molecule has 1 rings (SSSR count). The van der Waals surface area contributed by atoms with Gasteiger partial charge in [0.05, 0.1) is 6.42 Å². The molecule has 0 fully saturated rings. The van der Waals surface area contributed by atoms with E-state index in [0.717, 1.165) is 6.08 Å². The molecule has 0 heterocycles. The molecule has 1 atom stereocenters. The van der Waals surface area contributed by atoms with Gasteiger partial charge in [-0.3, -0.25) is 9.59 Å². The summed E-state index contributed by atoms with van der Waals surface area (Å²) in [5.74, 6) is -4.29. The van der Waals surface area contributed by atoms with Crippen molar-refractivity contribution in [3.8, 4) is 11.5 Å². The Labute approximate surface area is 119 Å². The molecule has 8 heteroatoms. The first-order valence-corrected chi connectivity index (χ1v) is 5.74. The van der Waals surface area contributed by atoms with Gasteiger partial charge in [0.1, 0.15) is 6.04 Å². The number of phenols is 2. The van der Waals surface area contributed by atoms with Crippen molar-refractivity contribution in [2.45, 2.75) is 12.5 Å². The summed E-state index contributed by atoms with van der Waals surface area (Å²) in [5, 5.41) is 37.7. The van der Waals surface area contributed by atoms with Crippen LogP contribution in [-0.4, -0.2) is 44.3 Å². The minimum atomic E-state index is -1.53. The maximum absolute atomic E-state index is 11.5. The van der Waals surface area contributed by atoms with Gasteiger partial charge < -0.3 is 25.7 Å². The molecule has 0 aliphatic carbocycles. The number of aliphatic carboxylic acids is 2. The fourth-order valence-electron chi connectivity index (χ4n) is 1.41. The van der Waals surface area contributed by atoms with Crippen molar-refractivity contribution in [3.63, 3.8) is 0 Å². The van der Waals surface area contributed by atoms with Gasteiger partial charge in [-0.1, -0.05) is 6.07 Å². The molecule has 8 nitrogen and oxygen atoms in total. The lowest BCUT2D eigenvalue weighted by Crippen LogP contribution is -2.41. The second kappa shape index (κ2) is 6.94. The maximum Gasteiger partial charge on any atom is 0.326 e. The smallest absolute Gasteiger partial charge is 0.326 e. The van der Waals surface area contributed by atoms with Gasteiger partial charge in [0.15, 0.2) is 11.5 Å². The molecule has 0 saturated carbocycles. The van der Waals surface area contributed by atoms with Crippen LogP contribution in [0.4, 0.5) is 0 Å². The zero-order valence-electron chi connectivity index (χ0n) is 10.7. The number of carbonyl (C=O) groups is 3. The van der Waals surface area contributed by atoms with E-state index in [-0.39, 0.29) is 11.5 Å². The van der Waals surface area contributed by atoms with E-state index >= 15 is 0 Å². The summed E-state index contributed by atoms with van der Waals surface area (Å²) in [4.78, 5) is 32.7. The highest BCUT2D eigenvalue weighted by molar-refractivity contribution is 5.95. The molecule has 1 aromatic carbocycles. The Bertz CT molecular complexity index is 594. The molecule has 0 aliphatic heterocycles. The number of carboxylic acids is 2. The van der Waals surface area contributed by atoms with Crippen molar-refractivity contribution in [1.29, 1.82) is 0 Å². The molecule has 0 aliphatic rings. The minimum Gasteiger partial charge on any atom is -0.504 e. The van der Waals surface area contributed by atoms with Gasteiger partial charge in [-0.2, -0.15) is 0 Å². The van der Waals surface area contributed by atoms with E-state index in [2.05, 4.69) is 0 Å². The number of phenolic OH excluding ortho intramolecular Hbond substituents is 2. The number of hydrogen-bond acceptors (Lipinski definition) is 5. The zero-order chi connectivity index (χ0) is 16.0. The summed E-state index contributed by atoms with van der Waals surface area (Å²) in [7, 11) is 0. The Morgan fingerprint density at radius 3 is 2.33 bits per heavy atom. The first-order valence-electron chi connectivity index (χ1n) is 5.74. The van der Waals surface area contributed by atoms with E-state index in [4.69, 9.17) is 15.3 Å². The van der Waals surface area contributed by atoms with E-state index in [0.29, 0.717) is 5.56 Å². The molecular weight excluding hydrogens is 282 g/mol. The van der Waals surface area contributed by atoms with Gasteiger partial charge in [0.25, 0.3) is 0 Å². The second-order valence-corrected chi connectivity index (χ2v) is 4.08.